The second-order valence-corrected chi connectivity index (χ2v) is 16.7. The lowest BCUT2D eigenvalue weighted by Gasteiger charge is -2.18. The van der Waals surface area contributed by atoms with Crippen LogP contribution in [-0.2, 0) is 28.6 Å². The van der Waals surface area contributed by atoms with E-state index in [1.807, 2.05) is 0 Å². The van der Waals surface area contributed by atoms with E-state index < -0.39 is 6.10 Å². The number of ether oxygens (including phenoxy) is 3. The van der Waals surface area contributed by atoms with Crippen LogP contribution >= 0.6 is 0 Å². The molecule has 0 heterocycles. The predicted octanol–water partition coefficient (Wildman–Crippen LogP) is 16.5. The van der Waals surface area contributed by atoms with Gasteiger partial charge in [-0.25, -0.2) is 0 Å². The number of hydrogen-bond donors (Lipinski definition) is 0. The molecule has 0 rings (SSSR count). The van der Waals surface area contributed by atoms with Gasteiger partial charge in [0.2, 0.25) is 0 Å². The molecule has 0 aromatic heterocycles. The zero-order chi connectivity index (χ0) is 43.7. The number of unbranched alkanes of at least 4 members (excludes halogenated alkanes) is 25. The second-order valence-electron chi connectivity index (χ2n) is 16.7. The van der Waals surface area contributed by atoms with Gasteiger partial charge in [0.25, 0.3) is 0 Å². The van der Waals surface area contributed by atoms with Crippen LogP contribution in [0.1, 0.15) is 245 Å². The van der Waals surface area contributed by atoms with Crippen molar-refractivity contribution in [2.75, 3.05) is 13.2 Å². The first kappa shape index (κ1) is 57.1. The fraction of sp³-hybridized carbons (Fsp3) is 0.759. The number of carbonyl (C=O) groups excluding carboxylic acids is 3. The summed E-state index contributed by atoms with van der Waals surface area (Å²) >= 11 is 0. The van der Waals surface area contributed by atoms with E-state index in [9.17, 15) is 14.4 Å². The number of hydrogen-bond acceptors (Lipinski definition) is 6. The average Bonchev–Trinajstić information content (AvgIpc) is 3.24. The average molecular weight is 839 g/mol. The highest BCUT2D eigenvalue weighted by Crippen LogP contribution is 2.14. The predicted molar refractivity (Wildman–Crippen MR) is 256 cm³/mol. The molecular weight excluding hydrogens is 745 g/mol. The van der Waals surface area contributed by atoms with Crippen molar-refractivity contribution in [1.29, 1.82) is 0 Å². The van der Waals surface area contributed by atoms with E-state index in [-0.39, 0.29) is 31.1 Å². The molecule has 346 valence electrons. The lowest BCUT2D eigenvalue weighted by Crippen LogP contribution is -2.30. The van der Waals surface area contributed by atoms with Crippen LogP contribution in [0, 0.1) is 0 Å². The second kappa shape index (κ2) is 48.8. The van der Waals surface area contributed by atoms with Crippen molar-refractivity contribution in [3.8, 4) is 0 Å². The van der Waals surface area contributed by atoms with E-state index in [2.05, 4.69) is 81.5 Å². The number of rotatable bonds is 45. The maximum atomic E-state index is 12.8. The molecular formula is C54H94O6. The molecule has 0 aromatic carbocycles. The Bertz CT molecular complexity index is 1100. The summed E-state index contributed by atoms with van der Waals surface area (Å²) in [5.41, 5.74) is 0. The Balaban J connectivity index is 4.40. The summed E-state index contributed by atoms with van der Waals surface area (Å²) in [6.45, 7) is 6.47. The van der Waals surface area contributed by atoms with Crippen LogP contribution in [0.25, 0.3) is 0 Å². The molecule has 0 saturated carbocycles. The van der Waals surface area contributed by atoms with Gasteiger partial charge in [-0.15, -0.1) is 0 Å². The molecule has 1 unspecified atom stereocenters. The van der Waals surface area contributed by atoms with E-state index >= 15 is 0 Å². The summed E-state index contributed by atoms with van der Waals surface area (Å²) in [5, 5.41) is 0. The molecule has 0 saturated heterocycles. The lowest BCUT2D eigenvalue weighted by molar-refractivity contribution is -0.167. The molecule has 0 aliphatic heterocycles. The standard InChI is InChI=1S/C54H94O6/c1-4-7-10-13-16-19-22-24-26-28-29-32-35-38-41-44-47-53(56)59-50-51(49-58-52(55)46-43-40-37-34-31-21-18-15-12-9-6-3)60-54(57)48-45-42-39-36-33-30-27-25-23-20-17-14-11-8-5-2/h7,10,16-17,19-20,23-26,51H,4-6,8-9,11-15,18,21-22,27-50H2,1-3H3/b10-7-,19-16-,20-17-,25-23-,26-24-. The molecule has 0 radical (unpaired) electrons. The summed E-state index contributed by atoms with van der Waals surface area (Å²) in [4.78, 5) is 37.9. The van der Waals surface area contributed by atoms with E-state index in [0.29, 0.717) is 19.3 Å². The third-order valence-corrected chi connectivity index (χ3v) is 10.8. The molecule has 0 aromatic rings. The fourth-order valence-corrected chi connectivity index (χ4v) is 6.98. The summed E-state index contributed by atoms with van der Waals surface area (Å²) in [6.07, 6.45) is 59.1. The van der Waals surface area contributed by atoms with E-state index in [0.717, 1.165) is 96.3 Å². The van der Waals surface area contributed by atoms with Gasteiger partial charge in [-0.05, 0) is 77.0 Å². The van der Waals surface area contributed by atoms with Gasteiger partial charge < -0.3 is 14.2 Å². The van der Waals surface area contributed by atoms with Crippen LogP contribution in [0.2, 0.25) is 0 Å². The molecule has 0 aliphatic carbocycles. The third kappa shape index (κ3) is 46.2. The minimum atomic E-state index is -0.782. The van der Waals surface area contributed by atoms with Gasteiger partial charge in [-0.1, -0.05) is 210 Å². The molecule has 0 aliphatic rings. The van der Waals surface area contributed by atoms with Crippen molar-refractivity contribution in [3.05, 3.63) is 60.8 Å². The lowest BCUT2D eigenvalue weighted by atomic mass is 10.1. The zero-order valence-corrected chi connectivity index (χ0v) is 39.5. The number of allylic oxidation sites excluding steroid dienone is 10. The Labute approximate surface area is 370 Å². The molecule has 0 bridgehead atoms. The molecule has 0 fully saturated rings. The minimum absolute atomic E-state index is 0.0818. The van der Waals surface area contributed by atoms with Crippen molar-refractivity contribution in [1.82, 2.24) is 0 Å². The van der Waals surface area contributed by atoms with Crippen LogP contribution in [0.4, 0.5) is 0 Å². The summed E-state index contributed by atoms with van der Waals surface area (Å²) in [7, 11) is 0. The Morgan fingerprint density at radius 3 is 1.15 bits per heavy atom. The monoisotopic (exact) mass is 839 g/mol. The Morgan fingerprint density at radius 2 is 0.700 bits per heavy atom. The maximum Gasteiger partial charge on any atom is 0.306 e. The van der Waals surface area contributed by atoms with E-state index in [4.69, 9.17) is 14.2 Å². The minimum Gasteiger partial charge on any atom is -0.462 e. The van der Waals surface area contributed by atoms with Crippen molar-refractivity contribution in [3.63, 3.8) is 0 Å². The smallest absolute Gasteiger partial charge is 0.306 e. The topological polar surface area (TPSA) is 78.9 Å². The first-order valence-electron chi connectivity index (χ1n) is 25.3. The Hall–Kier alpha value is -2.89. The molecule has 0 N–H and O–H groups in total. The molecule has 1 atom stereocenters. The van der Waals surface area contributed by atoms with Gasteiger partial charge in [-0.2, -0.15) is 0 Å². The van der Waals surface area contributed by atoms with E-state index in [1.165, 1.54) is 109 Å². The Morgan fingerprint density at radius 1 is 0.367 bits per heavy atom. The van der Waals surface area contributed by atoms with Gasteiger partial charge in [0.1, 0.15) is 13.2 Å². The van der Waals surface area contributed by atoms with Crippen molar-refractivity contribution in [2.45, 2.75) is 252 Å². The van der Waals surface area contributed by atoms with Gasteiger partial charge in [0.05, 0.1) is 0 Å². The summed E-state index contributed by atoms with van der Waals surface area (Å²) in [5.74, 6) is -0.904. The van der Waals surface area contributed by atoms with Crippen LogP contribution in [-0.4, -0.2) is 37.2 Å². The largest absolute Gasteiger partial charge is 0.462 e. The maximum absolute atomic E-state index is 12.8. The van der Waals surface area contributed by atoms with Crippen LogP contribution in [0.15, 0.2) is 60.8 Å². The highest BCUT2D eigenvalue weighted by molar-refractivity contribution is 5.71. The summed E-state index contributed by atoms with van der Waals surface area (Å²) < 4.78 is 16.8. The SMILES string of the molecule is CC/C=C\C/C=C\C/C=C\CCCCCCCCC(=O)OCC(COC(=O)CCCCCCCCCCCCC)OC(=O)CCCCCCCC/C=C\C=C/CCCCC. The zero-order valence-electron chi connectivity index (χ0n) is 39.5. The number of carbonyl (C=O) groups is 3. The molecule has 0 spiro atoms. The van der Waals surface area contributed by atoms with E-state index in [1.54, 1.807) is 0 Å². The fourth-order valence-electron chi connectivity index (χ4n) is 6.98. The van der Waals surface area contributed by atoms with Crippen molar-refractivity contribution in [2.24, 2.45) is 0 Å². The third-order valence-electron chi connectivity index (χ3n) is 10.8. The van der Waals surface area contributed by atoms with Crippen LogP contribution < -0.4 is 0 Å². The first-order valence-corrected chi connectivity index (χ1v) is 25.3. The Kier molecular flexibility index (Phi) is 46.4. The molecule has 6 heteroatoms. The van der Waals surface area contributed by atoms with Crippen LogP contribution in [0.3, 0.4) is 0 Å². The first-order chi connectivity index (χ1) is 29.5. The van der Waals surface area contributed by atoms with Crippen LogP contribution in [0.5, 0.6) is 0 Å². The van der Waals surface area contributed by atoms with Gasteiger partial charge in [0.15, 0.2) is 6.10 Å². The van der Waals surface area contributed by atoms with Gasteiger partial charge >= 0.3 is 17.9 Å². The van der Waals surface area contributed by atoms with Gasteiger partial charge in [0, 0.05) is 19.3 Å². The normalized spacial score (nSPS) is 12.5. The summed E-state index contributed by atoms with van der Waals surface area (Å²) in [6, 6.07) is 0. The highest BCUT2D eigenvalue weighted by atomic mass is 16.6. The van der Waals surface area contributed by atoms with Crippen molar-refractivity contribution < 1.29 is 28.6 Å². The van der Waals surface area contributed by atoms with Crippen molar-refractivity contribution >= 4 is 17.9 Å². The molecule has 60 heavy (non-hydrogen) atoms. The molecule has 0 amide bonds. The van der Waals surface area contributed by atoms with Gasteiger partial charge in [-0.3, -0.25) is 14.4 Å². The quantitative estimate of drug-likeness (QED) is 0.0200. The molecule has 6 nitrogen and oxygen atoms in total. The number of esters is 3. The highest BCUT2D eigenvalue weighted by Gasteiger charge is 2.19.